The van der Waals surface area contributed by atoms with Crippen LogP contribution in [-0.4, -0.2) is 24.0 Å². The molecule has 0 saturated heterocycles. The van der Waals surface area contributed by atoms with Crippen LogP contribution in [0.5, 0.6) is 0 Å². The minimum atomic E-state index is -4.11. The Bertz CT molecular complexity index is 834. The molecule has 1 aromatic carbocycles. The van der Waals surface area contributed by atoms with E-state index >= 15 is 0 Å². The third-order valence-corrected chi connectivity index (χ3v) is 5.13. The minimum Gasteiger partial charge on any atom is -0.259 e. The Morgan fingerprint density at radius 3 is 2.05 bits per heavy atom. The molecule has 0 aromatic heterocycles. The Morgan fingerprint density at radius 1 is 1.09 bits per heavy atom. The Kier molecular flexibility index (Phi) is 3.84. The van der Waals surface area contributed by atoms with Crippen molar-refractivity contribution < 1.29 is 18.3 Å². The van der Waals surface area contributed by atoms with Crippen molar-refractivity contribution in [1.29, 1.82) is 0 Å². The monoisotopic (exact) mass is 324 g/mol. The molecule has 1 aliphatic heterocycles. The summed E-state index contributed by atoms with van der Waals surface area (Å²) >= 11 is 0. The van der Waals surface area contributed by atoms with E-state index in [1.807, 2.05) is 0 Å². The summed E-state index contributed by atoms with van der Waals surface area (Å²) in [5.74, 6) is -0.829. The highest BCUT2D eigenvalue weighted by Gasteiger charge is 2.44. The van der Waals surface area contributed by atoms with E-state index in [9.17, 15) is 28.6 Å². The number of hydrogen-bond acceptors (Lipinski definition) is 6. The molecule has 9 heteroatoms. The van der Waals surface area contributed by atoms with Gasteiger partial charge in [-0.2, -0.15) is 0 Å². The number of benzene rings is 1. The fourth-order valence-corrected chi connectivity index (χ4v) is 4.17. The van der Waals surface area contributed by atoms with E-state index in [0.717, 1.165) is 5.56 Å². The first-order chi connectivity index (χ1) is 10.1. The lowest BCUT2D eigenvalue weighted by Crippen LogP contribution is -2.10. The van der Waals surface area contributed by atoms with E-state index in [1.165, 1.54) is 19.1 Å². The number of nitro groups is 2. The van der Waals surface area contributed by atoms with Gasteiger partial charge in [0.1, 0.15) is 5.75 Å². The lowest BCUT2D eigenvalue weighted by Gasteiger charge is -2.04. The predicted molar refractivity (Wildman–Crippen MR) is 78.6 cm³/mol. The molecule has 1 aromatic rings. The van der Waals surface area contributed by atoms with Crippen LogP contribution >= 0.6 is 0 Å². The fraction of sp³-hybridized carbons (Fsp3) is 0.231. The first-order valence-corrected chi connectivity index (χ1v) is 7.83. The molecule has 0 spiro atoms. The van der Waals surface area contributed by atoms with Gasteiger partial charge in [0.25, 0.3) is 11.4 Å². The average Bonchev–Trinajstić information content (AvgIpc) is 2.64. The summed E-state index contributed by atoms with van der Waals surface area (Å²) in [7, 11) is -4.11. The lowest BCUT2D eigenvalue weighted by molar-refractivity contribution is -0.424. The molecule has 1 heterocycles. The van der Waals surface area contributed by atoms with Crippen molar-refractivity contribution in [2.75, 3.05) is 5.75 Å². The predicted octanol–water partition coefficient (Wildman–Crippen LogP) is 1.92. The maximum atomic E-state index is 12.2. The summed E-state index contributed by atoms with van der Waals surface area (Å²) in [5.41, 5.74) is -0.393. The summed E-state index contributed by atoms with van der Waals surface area (Å²) in [5, 5.41) is 22.3. The summed E-state index contributed by atoms with van der Waals surface area (Å²) in [6, 6.07) is 6.06. The largest absolute Gasteiger partial charge is 0.295 e. The highest BCUT2D eigenvalue weighted by atomic mass is 32.2. The second kappa shape index (κ2) is 5.34. The zero-order valence-electron chi connectivity index (χ0n) is 11.8. The van der Waals surface area contributed by atoms with Crippen molar-refractivity contribution in [3.63, 3.8) is 0 Å². The third kappa shape index (κ3) is 2.62. The van der Waals surface area contributed by atoms with Gasteiger partial charge < -0.3 is 0 Å². The van der Waals surface area contributed by atoms with Gasteiger partial charge in [-0.15, -0.1) is 0 Å². The maximum absolute atomic E-state index is 12.2. The Hall–Kier alpha value is -2.55. The summed E-state index contributed by atoms with van der Waals surface area (Å²) in [6.45, 7) is 3.00. The van der Waals surface area contributed by atoms with Gasteiger partial charge in [0.2, 0.25) is 0 Å². The number of aryl methyl sites for hydroxylation is 1. The van der Waals surface area contributed by atoms with Gasteiger partial charge in [0, 0.05) is 5.57 Å². The molecular formula is C13H12N2O6S. The highest BCUT2D eigenvalue weighted by molar-refractivity contribution is 7.96. The molecule has 2 rings (SSSR count). The standard InChI is InChI=1S/C13H12N2O6S/c1-8-3-5-10(6-4-8)12(15(18)19)13-9(2)11(14(16)17)7-22(13,20)21/h3-6H,7H2,1-2H3. The van der Waals surface area contributed by atoms with Crippen LogP contribution in [0.1, 0.15) is 18.1 Å². The van der Waals surface area contributed by atoms with Gasteiger partial charge in [-0.05, 0) is 26.0 Å². The number of allylic oxidation sites excluding steroid dienone is 1. The van der Waals surface area contributed by atoms with Crippen LogP contribution in [0, 0.1) is 27.2 Å². The van der Waals surface area contributed by atoms with Crippen LogP contribution in [0.15, 0.2) is 40.4 Å². The molecule has 8 nitrogen and oxygen atoms in total. The quantitative estimate of drug-likeness (QED) is 0.618. The van der Waals surface area contributed by atoms with E-state index in [0.29, 0.717) is 0 Å². The number of hydrogen-bond donors (Lipinski definition) is 0. The number of nitrogens with zero attached hydrogens (tertiary/aromatic N) is 2. The van der Waals surface area contributed by atoms with Crippen molar-refractivity contribution in [1.82, 2.24) is 0 Å². The molecule has 0 unspecified atom stereocenters. The molecule has 1 aliphatic rings. The lowest BCUT2D eigenvalue weighted by atomic mass is 10.1. The van der Waals surface area contributed by atoms with Crippen molar-refractivity contribution in [2.45, 2.75) is 13.8 Å². The Labute approximate surface area is 126 Å². The first kappa shape index (κ1) is 15.8. The number of rotatable bonds is 3. The fourth-order valence-electron chi connectivity index (χ4n) is 2.27. The van der Waals surface area contributed by atoms with Gasteiger partial charge in [-0.25, -0.2) is 8.42 Å². The first-order valence-electron chi connectivity index (χ1n) is 6.18. The summed E-state index contributed by atoms with van der Waals surface area (Å²) in [4.78, 5) is 20.1. The smallest absolute Gasteiger partial charge is 0.259 e. The van der Waals surface area contributed by atoms with E-state index < -0.39 is 41.7 Å². The molecule has 116 valence electrons. The third-order valence-electron chi connectivity index (χ3n) is 3.35. The summed E-state index contributed by atoms with van der Waals surface area (Å²) < 4.78 is 24.3. The van der Waals surface area contributed by atoms with Crippen molar-refractivity contribution in [3.8, 4) is 0 Å². The molecule has 0 aliphatic carbocycles. The van der Waals surface area contributed by atoms with E-state index in [1.54, 1.807) is 19.1 Å². The molecule has 0 radical (unpaired) electrons. The molecule has 0 bridgehead atoms. The van der Waals surface area contributed by atoms with Crippen LogP contribution in [0.2, 0.25) is 0 Å². The van der Waals surface area contributed by atoms with E-state index in [4.69, 9.17) is 0 Å². The maximum Gasteiger partial charge on any atom is 0.295 e. The van der Waals surface area contributed by atoms with Gasteiger partial charge >= 0.3 is 0 Å². The number of sulfone groups is 1. The zero-order valence-corrected chi connectivity index (χ0v) is 12.6. The van der Waals surface area contributed by atoms with E-state index in [-0.39, 0.29) is 11.1 Å². The van der Waals surface area contributed by atoms with Gasteiger partial charge in [-0.3, -0.25) is 20.2 Å². The van der Waals surface area contributed by atoms with Crippen LogP contribution in [0.3, 0.4) is 0 Å². The van der Waals surface area contributed by atoms with Crippen LogP contribution in [-0.2, 0) is 9.84 Å². The minimum absolute atomic E-state index is 0.0955. The zero-order chi connectivity index (χ0) is 16.7. The topological polar surface area (TPSA) is 120 Å². The average molecular weight is 324 g/mol. The SMILES string of the molecule is CC1=C([N+](=O)[O-])CS(=O)(=O)C1=C(c1ccc(C)cc1)[N+](=O)[O-]. The van der Waals surface area contributed by atoms with Crippen molar-refractivity contribution in [3.05, 3.63) is 71.8 Å². The normalized spacial score (nSPS) is 19.2. The van der Waals surface area contributed by atoms with Gasteiger partial charge in [0.05, 0.1) is 15.4 Å². The molecule has 22 heavy (non-hydrogen) atoms. The molecular weight excluding hydrogens is 312 g/mol. The van der Waals surface area contributed by atoms with Gasteiger partial charge in [-0.1, -0.05) is 17.7 Å². The second-order valence-corrected chi connectivity index (χ2v) is 6.82. The molecule has 0 atom stereocenters. The van der Waals surface area contributed by atoms with Crippen LogP contribution in [0.25, 0.3) is 5.70 Å². The van der Waals surface area contributed by atoms with E-state index in [2.05, 4.69) is 0 Å². The van der Waals surface area contributed by atoms with Crippen LogP contribution < -0.4 is 0 Å². The second-order valence-electron chi connectivity index (χ2n) is 4.89. The van der Waals surface area contributed by atoms with Crippen LogP contribution in [0.4, 0.5) is 0 Å². The molecule has 0 saturated carbocycles. The summed E-state index contributed by atoms with van der Waals surface area (Å²) in [6.07, 6.45) is 0. The molecule has 0 fully saturated rings. The highest BCUT2D eigenvalue weighted by Crippen LogP contribution is 2.36. The molecule has 0 N–H and O–H groups in total. The van der Waals surface area contributed by atoms with Crippen molar-refractivity contribution in [2.24, 2.45) is 0 Å². The van der Waals surface area contributed by atoms with Crippen molar-refractivity contribution >= 4 is 15.5 Å². The Morgan fingerprint density at radius 2 is 1.64 bits per heavy atom. The molecule has 0 amide bonds. The Balaban J connectivity index is 2.83. The van der Waals surface area contributed by atoms with Gasteiger partial charge in [0.15, 0.2) is 14.7 Å².